The molecule has 0 aliphatic carbocycles. The van der Waals surface area contributed by atoms with Crippen molar-refractivity contribution in [1.82, 2.24) is 9.97 Å². The van der Waals surface area contributed by atoms with Crippen molar-refractivity contribution in [2.45, 2.75) is 37.8 Å². The number of hydrogen-bond donors (Lipinski definition) is 2. The van der Waals surface area contributed by atoms with Crippen LogP contribution in [0.4, 0.5) is 11.6 Å². The second kappa shape index (κ2) is 6.96. The smallest absolute Gasteiger partial charge is 0.191 e. The number of hydrazine groups is 1. The van der Waals surface area contributed by atoms with E-state index in [2.05, 4.69) is 27.2 Å². The zero-order valence-corrected chi connectivity index (χ0v) is 12.5. The molecule has 0 saturated carbocycles. The first-order valence-electron chi connectivity index (χ1n) is 6.91. The summed E-state index contributed by atoms with van der Waals surface area (Å²) >= 11 is 1.54. The minimum Gasteiger partial charge on any atom is -0.356 e. The van der Waals surface area contributed by atoms with Crippen LogP contribution in [0.3, 0.4) is 0 Å². The Labute approximate surface area is 119 Å². The van der Waals surface area contributed by atoms with Crippen molar-refractivity contribution in [2.24, 2.45) is 11.8 Å². The lowest BCUT2D eigenvalue weighted by atomic mass is 9.98. The van der Waals surface area contributed by atoms with Crippen molar-refractivity contribution in [3.63, 3.8) is 0 Å². The van der Waals surface area contributed by atoms with Crippen molar-refractivity contribution in [2.75, 3.05) is 29.7 Å². The minimum atomic E-state index is 0.686. The summed E-state index contributed by atoms with van der Waals surface area (Å²) in [6.07, 6.45) is 7.08. The van der Waals surface area contributed by atoms with Gasteiger partial charge in [-0.25, -0.2) is 15.8 Å². The maximum absolute atomic E-state index is 5.48. The summed E-state index contributed by atoms with van der Waals surface area (Å²) in [5.74, 6) is 8.01. The lowest BCUT2D eigenvalue weighted by Crippen LogP contribution is -2.26. The highest BCUT2D eigenvalue weighted by Crippen LogP contribution is 2.25. The van der Waals surface area contributed by atoms with E-state index in [0.717, 1.165) is 30.0 Å². The number of rotatable bonds is 4. The van der Waals surface area contributed by atoms with Crippen LogP contribution >= 0.6 is 11.8 Å². The van der Waals surface area contributed by atoms with Crippen LogP contribution in [0.25, 0.3) is 0 Å². The molecule has 1 aromatic heterocycles. The standard InChI is InChI=1S/C13H23N5S/c1-3-10-5-4-7-18(8-6-10)12-9-11(17-14)15-13(16-12)19-2/h9-10H,3-8,14H2,1-2H3,(H,15,16,17). The Bertz CT molecular complexity index is 390. The fourth-order valence-electron chi connectivity index (χ4n) is 2.54. The molecule has 1 aliphatic rings. The van der Waals surface area contributed by atoms with E-state index in [9.17, 15) is 0 Å². The van der Waals surface area contributed by atoms with Gasteiger partial charge in [-0.3, -0.25) is 0 Å². The Balaban J connectivity index is 2.16. The summed E-state index contributed by atoms with van der Waals surface area (Å²) in [7, 11) is 0. The summed E-state index contributed by atoms with van der Waals surface area (Å²) < 4.78 is 0. The highest BCUT2D eigenvalue weighted by molar-refractivity contribution is 7.98. The third kappa shape index (κ3) is 3.73. The largest absolute Gasteiger partial charge is 0.356 e. The number of nitrogen functional groups attached to an aromatic ring is 1. The second-order valence-corrected chi connectivity index (χ2v) is 5.71. The average molecular weight is 281 g/mol. The van der Waals surface area contributed by atoms with Gasteiger partial charge in [-0.2, -0.15) is 0 Å². The molecule has 1 atom stereocenters. The van der Waals surface area contributed by atoms with E-state index in [4.69, 9.17) is 5.84 Å². The summed E-state index contributed by atoms with van der Waals surface area (Å²) in [5, 5.41) is 0.765. The Kier molecular flexibility index (Phi) is 5.27. The minimum absolute atomic E-state index is 0.686. The third-order valence-electron chi connectivity index (χ3n) is 3.77. The first kappa shape index (κ1) is 14.4. The van der Waals surface area contributed by atoms with Gasteiger partial charge in [0.2, 0.25) is 0 Å². The van der Waals surface area contributed by atoms with Crippen LogP contribution in [0, 0.1) is 5.92 Å². The van der Waals surface area contributed by atoms with E-state index >= 15 is 0 Å². The molecule has 2 heterocycles. The van der Waals surface area contributed by atoms with Crippen LogP contribution in [-0.4, -0.2) is 29.3 Å². The molecule has 0 aromatic carbocycles. The van der Waals surface area contributed by atoms with Crippen LogP contribution in [-0.2, 0) is 0 Å². The monoisotopic (exact) mass is 281 g/mol. The molecule has 1 unspecified atom stereocenters. The van der Waals surface area contributed by atoms with Gasteiger partial charge in [0.25, 0.3) is 0 Å². The predicted octanol–water partition coefficient (Wildman–Crippen LogP) is 2.50. The number of anilines is 2. The molecule has 1 fully saturated rings. The molecule has 1 aliphatic heterocycles. The van der Waals surface area contributed by atoms with Crippen LogP contribution in [0.1, 0.15) is 32.6 Å². The van der Waals surface area contributed by atoms with Gasteiger partial charge in [0.15, 0.2) is 5.16 Å². The fraction of sp³-hybridized carbons (Fsp3) is 0.692. The lowest BCUT2D eigenvalue weighted by molar-refractivity contribution is 0.459. The summed E-state index contributed by atoms with van der Waals surface area (Å²) in [4.78, 5) is 11.3. The molecule has 0 spiro atoms. The van der Waals surface area contributed by atoms with Crippen molar-refractivity contribution < 1.29 is 0 Å². The molecule has 1 saturated heterocycles. The van der Waals surface area contributed by atoms with Crippen molar-refractivity contribution >= 4 is 23.4 Å². The zero-order chi connectivity index (χ0) is 13.7. The number of nitrogens with zero attached hydrogens (tertiary/aromatic N) is 3. The molecule has 0 amide bonds. The highest BCUT2D eigenvalue weighted by atomic mass is 32.2. The van der Waals surface area contributed by atoms with Gasteiger partial charge in [-0.1, -0.05) is 25.1 Å². The quantitative estimate of drug-likeness (QED) is 0.382. The molecule has 1 aromatic rings. The van der Waals surface area contributed by atoms with Crippen molar-refractivity contribution in [3.05, 3.63) is 6.07 Å². The van der Waals surface area contributed by atoms with E-state index in [1.807, 2.05) is 12.3 Å². The number of nitrogens with two attached hydrogens (primary N) is 1. The lowest BCUT2D eigenvalue weighted by Gasteiger charge is -2.22. The second-order valence-electron chi connectivity index (χ2n) is 4.93. The van der Waals surface area contributed by atoms with Gasteiger partial charge in [0, 0.05) is 19.2 Å². The summed E-state index contributed by atoms with van der Waals surface area (Å²) in [6, 6.07) is 1.94. The van der Waals surface area contributed by atoms with Gasteiger partial charge in [0.05, 0.1) is 0 Å². The fourth-order valence-corrected chi connectivity index (χ4v) is 2.92. The molecule has 106 valence electrons. The van der Waals surface area contributed by atoms with Gasteiger partial charge >= 0.3 is 0 Å². The Morgan fingerprint density at radius 2 is 2.26 bits per heavy atom. The van der Waals surface area contributed by atoms with E-state index in [1.54, 1.807) is 11.8 Å². The maximum atomic E-state index is 5.48. The third-order valence-corrected chi connectivity index (χ3v) is 4.32. The molecule has 2 rings (SSSR count). The van der Waals surface area contributed by atoms with Gasteiger partial charge < -0.3 is 10.3 Å². The van der Waals surface area contributed by atoms with E-state index in [0.29, 0.717) is 5.82 Å². The molecule has 5 nitrogen and oxygen atoms in total. The maximum Gasteiger partial charge on any atom is 0.191 e. The first-order valence-corrected chi connectivity index (χ1v) is 8.14. The highest BCUT2D eigenvalue weighted by Gasteiger charge is 2.18. The van der Waals surface area contributed by atoms with Crippen molar-refractivity contribution in [1.29, 1.82) is 0 Å². The molecular weight excluding hydrogens is 258 g/mol. The Morgan fingerprint density at radius 3 is 2.95 bits per heavy atom. The van der Waals surface area contributed by atoms with Crippen LogP contribution in [0.5, 0.6) is 0 Å². The molecule has 0 bridgehead atoms. The van der Waals surface area contributed by atoms with Gasteiger partial charge in [-0.05, 0) is 31.4 Å². The number of aromatic nitrogens is 2. The van der Waals surface area contributed by atoms with E-state index in [1.165, 1.54) is 25.7 Å². The topological polar surface area (TPSA) is 67.1 Å². The van der Waals surface area contributed by atoms with Crippen LogP contribution in [0.15, 0.2) is 11.2 Å². The molecule has 6 heteroatoms. The molecule has 0 radical (unpaired) electrons. The number of nitrogens with one attached hydrogen (secondary N) is 1. The SMILES string of the molecule is CCC1CCCN(c2cc(NN)nc(SC)n2)CC1. The molecular formula is C13H23N5S. The average Bonchev–Trinajstić information content (AvgIpc) is 2.72. The van der Waals surface area contributed by atoms with E-state index < -0.39 is 0 Å². The summed E-state index contributed by atoms with van der Waals surface area (Å²) in [5.41, 5.74) is 2.63. The first-order chi connectivity index (χ1) is 9.26. The van der Waals surface area contributed by atoms with Crippen LogP contribution < -0.4 is 16.2 Å². The van der Waals surface area contributed by atoms with Crippen LogP contribution in [0.2, 0.25) is 0 Å². The number of thioether (sulfide) groups is 1. The molecule has 3 N–H and O–H groups in total. The Hall–Kier alpha value is -1.01. The van der Waals surface area contributed by atoms with Crippen molar-refractivity contribution in [3.8, 4) is 0 Å². The number of hydrogen-bond acceptors (Lipinski definition) is 6. The Morgan fingerprint density at radius 1 is 1.42 bits per heavy atom. The van der Waals surface area contributed by atoms with E-state index in [-0.39, 0.29) is 0 Å². The molecule has 19 heavy (non-hydrogen) atoms. The normalized spacial score (nSPS) is 20.2. The predicted molar refractivity (Wildman–Crippen MR) is 81.5 cm³/mol. The van der Waals surface area contributed by atoms with Gasteiger partial charge in [-0.15, -0.1) is 0 Å². The summed E-state index contributed by atoms with van der Waals surface area (Å²) in [6.45, 7) is 4.44. The van der Waals surface area contributed by atoms with Gasteiger partial charge in [0.1, 0.15) is 11.6 Å². The zero-order valence-electron chi connectivity index (χ0n) is 11.7.